The van der Waals surface area contributed by atoms with Crippen LogP contribution in [0.5, 0.6) is 0 Å². The molecule has 1 saturated heterocycles. The molecule has 2 heterocycles. The molecular weight excluding hydrogens is 221 g/mol. The van der Waals surface area contributed by atoms with Gasteiger partial charge in [0.15, 0.2) is 0 Å². The molecule has 0 spiro atoms. The fraction of sp³-hybridized carbons (Fsp3) is 0.444. The van der Waals surface area contributed by atoms with E-state index in [1.54, 1.807) is 6.07 Å². The normalized spacial score (nSPS) is 16.2. The fourth-order valence-electron chi connectivity index (χ4n) is 1.47. The number of piperazine rings is 1. The minimum atomic E-state index is 0. The van der Waals surface area contributed by atoms with Crippen LogP contribution in [0.25, 0.3) is 0 Å². The van der Waals surface area contributed by atoms with Crippen LogP contribution >= 0.6 is 24.0 Å². The van der Waals surface area contributed by atoms with Gasteiger partial charge in [0.05, 0.1) is 0 Å². The number of hydrogen-bond donors (Lipinski definition) is 1. The van der Waals surface area contributed by atoms with Crippen LogP contribution in [0.2, 0.25) is 5.15 Å². The van der Waals surface area contributed by atoms with Crippen molar-refractivity contribution in [2.45, 2.75) is 0 Å². The van der Waals surface area contributed by atoms with Gasteiger partial charge in [-0.2, -0.15) is 0 Å². The van der Waals surface area contributed by atoms with E-state index < -0.39 is 0 Å². The van der Waals surface area contributed by atoms with E-state index in [-0.39, 0.29) is 12.4 Å². The number of halogens is 2. The molecule has 1 aliphatic heterocycles. The molecule has 0 aromatic carbocycles. The number of rotatable bonds is 1. The van der Waals surface area contributed by atoms with Gasteiger partial charge < -0.3 is 10.2 Å². The molecule has 0 bridgehead atoms. The van der Waals surface area contributed by atoms with Crippen LogP contribution in [0.3, 0.4) is 0 Å². The lowest BCUT2D eigenvalue weighted by atomic mass is 10.3. The molecule has 14 heavy (non-hydrogen) atoms. The van der Waals surface area contributed by atoms with Crippen LogP contribution in [-0.4, -0.2) is 31.2 Å². The SMILES string of the molecule is Cl.Clc1cccc(N2CCNCC2)n1. The molecule has 5 heteroatoms. The number of pyridine rings is 1. The van der Waals surface area contributed by atoms with Crippen molar-refractivity contribution in [3.05, 3.63) is 23.4 Å². The fourth-order valence-corrected chi connectivity index (χ4v) is 1.63. The van der Waals surface area contributed by atoms with Crippen molar-refractivity contribution in [2.75, 3.05) is 31.1 Å². The Labute approximate surface area is 94.9 Å². The first-order valence-electron chi connectivity index (χ1n) is 4.44. The third-order valence-electron chi connectivity index (χ3n) is 2.14. The number of nitrogens with zero attached hydrogens (tertiary/aromatic N) is 2. The molecule has 2 rings (SSSR count). The summed E-state index contributed by atoms with van der Waals surface area (Å²) < 4.78 is 0. The molecule has 78 valence electrons. The molecule has 3 nitrogen and oxygen atoms in total. The van der Waals surface area contributed by atoms with Gasteiger partial charge in [-0.1, -0.05) is 17.7 Å². The van der Waals surface area contributed by atoms with E-state index in [1.165, 1.54) is 0 Å². The zero-order valence-corrected chi connectivity index (χ0v) is 9.31. The average molecular weight is 234 g/mol. The minimum Gasteiger partial charge on any atom is -0.354 e. The molecule has 1 fully saturated rings. The number of hydrogen-bond acceptors (Lipinski definition) is 3. The van der Waals surface area contributed by atoms with Gasteiger partial charge in [0.2, 0.25) is 0 Å². The summed E-state index contributed by atoms with van der Waals surface area (Å²) in [6, 6.07) is 5.73. The molecular formula is C9H13Cl2N3. The Kier molecular flexibility index (Phi) is 4.45. The average Bonchev–Trinajstić information content (AvgIpc) is 2.19. The monoisotopic (exact) mass is 233 g/mol. The summed E-state index contributed by atoms with van der Waals surface area (Å²) in [6.45, 7) is 4.06. The van der Waals surface area contributed by atoms with Crippen molar-refractivity contribution in [3.63, 3.8) is 0 Å². The highest BCUT2D eigenvalue weighted by Gasteiger charge is 2.10. The number of nitrogens with one attached hydrogen (secondary N) is 1. The Morgan fingerprint density at radius 1 is 1.29 bits per heavy atom. The summed E-state index contributed by atoms with van der Waals surface area (Å²) in [5.41, 5.74) is 0. The Bertz CT molecular complexity index is 287. The molecule has 0 unspecified atom stereocenters. The maximum absolute atomic E-state index is 5.81. The lowest BCUT2D eigenvalue weighted by Crippen LogP contribution is -2.43. The molecule has 1 aromatic heterocycles. The van der Waals surface area contributed by atoms with Gasteiger partial charge in [-0.05, 0) is 12.1 Å². The zero-order chi connectivity index (χ0) is 9.10. The van der Waals surface area contributed by atoms with Gasteiger partial charge >= 0.3 is 0 Å². The predicted molar refractivity (Wildman–Crippen MR) is 61.6 cm³/mol. The van der Waals surface area contributed by atoms with Gasteiger partial charge in [0, 0.05) is 26.2 Å². The lowest BCUT2D eigenvalue weighted by molar-refractivity contribution is 0.585. The van der Waals surface area contributed by atoms with Crippen LogP contribution in [-0.2, 0) is 0 Å². The highest BCUT2D eigenvalue weighted by Crippen LogP contribution is 2.14. The van der Waals surface area contributed by atoms with Crippen molar-refractivity contribution in [1.82, 2.24) is 10.3 Å². The van der Waals surface area contributed by atoms with Crippen LogP contribution < -0.4 is 10.2 Å². The van der Waals surface area contributed by atoms with Gasteiger partial charge in [0.1, 0.15) is 11.0 Å². The zero-order valence-electron chi connectivity index (χ0n) is 7.74. The maximum atomic E-state index is 5.81. The van der Waals surface area contributed by atoms with E-state index in [0.717, 1.165) is 32.0 Å². The van der Waals surface area contributed by atoms with Gasteiger partial charge in [-0.15, -0.1) is 12.4 Å². The minimum absolute atomic E-state index is 0. The highest BCUT2D eigenvalue weighted by molar-refractivity contribution is 6.29. The first-order valence-corrected chi connectivity index (χ1v) is 4.82. The van der Waals surface area contributed by atoms with Gasteiger partial charge in [-0.3, -0.25) is 0 Å². The molecule has 0 amide bonds. The summed E-state index contributed by atoms with van der Waals surface area (Å²) in [6.07, 6.45) is 0. The number of anilines is 1. The molecule has 1 aliphatic rings. The molecule has 1 N–H and O–H groups in total. The van der Waals surface area contributed by atoms with Crippen LogP contribution in [0.4, 0.5) is 5.82 Å². The van der Waals surface area contributed by atoms with E-state index in [4.69, 9.17) is 11.6 Å². The molecule has 0 radical (unpaired) electrons. The van der Waals surface area contributed by atoms with Gasteiger partial charge in [-0.25, -0.2) is 4.98 Å². The van der Waals surface area contributed by atoms with Crippen LogP contribution in [0.15, 0.2) is 18.2 Å². The standard InChI is InChI=1S/C9H12ClN3.ClH/c10-8-2-1-3-9(12-8)13-6-4-11-5-7-13;/h1-3,11H,4-7H2;1H. The van der Waals surface area contributed by atoms with E-state index >= 15 is 0 Å². The van der Waals surface area contributed by atoms with Crippen molar-refractivity contribution >= 4 is 29.8 Å². The molecule has 0 atom stereocenters. The molecule has 0 aliphatic carbocycles. The summed E-state index contributed by atoms with van der Waals surface area (Å²) in [5.74, 6) is 0.981. The van der Waals surface area contributed by atoms with E-state index in [0.29, 0.717) is 5.15 Å². The van der Waals surface area contributed by atoms with E-state index in [2.05, 4.69) is 15.2 Å². The van der Waals surface area contributed by atoms with Crippen molar-refractivity contribution in [1.29, 1.82) is 0 Å². The Hall–Kier alpha value is -0.510. The maximum Gasteiger partial charge on any atom is 0.131 e. The number of aromatic nitrogens is 1. The second-order valence-corrected chi connectivity index (χ2v) is 3.44. The Morgan fingerprint density at radius 3 is 2.64 bits per heavy atom. The quantitative estimate of drug-likeness (QED) is 0.747. The smallest absolute Gasteiger partial charge is 0.131 e. The summed E-state index contributed by atoms with van der Waals surface area (Å²) in [7, 11) is 0. The summed E-state index contributed by atoms with van der Waals surface area (Å²) >= 11 is 5.81. The van der Waals surface area contributed by atoms with E-state index in [9.17, 15) is 0 Å². The first-order chi connectivity index (χ1) is 6.36. The Balaban J connectivity index is 0.000000980. The summed E-state index contributed by atoms with van der Waals surface area (Å²) in [5, 5.41) is 3.86. The Morgan fingerprint density at radius 2 is 2.00 bits per heavy atom. The van der Waals surface area contributed by atoms with Crippen molar-refractivity contribution < 1.29 is 0 Å². The largest absolute Gasteiger partial charge is 0.354 e. The molecule has 0 saturated carbocycles. The van der Waals surface area contributed by atoms with E-state index in [1.807, 2.05) is 12.1 Å². The van der Waals surface area contributed by atoms with Crippen LogP contribution in [0.1, 0.15) is 0 Å². The van der Waals surface area contributed by atoms with Crippen molar-refractivity contribution in [2.24, 2.45) is 0 Å². The van der Waals surface area contributed by atoms with Crippen molar-refractivity contribution in [3.8, 4) is 0 Å². The second kappa shape index (κ2) is 5.39. The third kappa shape index (κ3) is 2.74. The third-order valence-corrected chi connectivity index (χ3v) is 2.35. The first kappa shape index (κ1) is 11.6. The molecule has 1 aromatic rings. The topological polar surface area (TPSA) is 28.2 Å². The lowest BCUT2D eigenvalue weighted by Gasteiger charge is -2.28. The predicted octanol–water partition coefficient (Wildman–Crippen LogP) is 1.57. The summed E-state index contributed by atoms with van der Waals surface area (Å²) in [4.78, 5) is 6.50. The van der Waals surface area contributed by atoms with Crippen LogP contribution in [0, 0.1) is 0 Å². The van der Waals surface area contributed by atoms with Gasteiger partial charge in [0.25, 0.3) is 0 Å². The second-order valence-electron chi connectivity index (χ2n) is 3.06. The highest BCUT2D eigenvalue weighted by atomic mass is 35.5.